The summed E-state index contributed by atoms with van der Waals surface area (Å²) in [6, 6.07) is 11.3. The molecule has 1 aromatic heterocycles. The van der Waals surface area contributed by atoms with Crippen molar-refractivity contribution in [3.8, 4) is 0 Å². The molecule has 0 saturated carbocycles. The molecule has 86 valence electrons. The van der Waals surface area contributed by atoms with E-state index in [1.807, 2.05) is 36.4 Å². The standard InChI is InChI=1S/C13H13N3O/c1-10(17)15-12-3-2-4-13(9-12)16-11-5-7-14-8-6-11/h2-9H,1H3,(H,14,16)(H,15,17). The highest BCUT2D eigenvalue weighted by Crippen LogP contribution is 2.19. The Morgan fingerprint density at radius 2 is 1.76 bits per heavy atom. The summed E-state index contributed by atoms with van der Waals surface area (Å²) in [6.07, 6.45) is 3.44. The molecule has 17 heavy (non-hydrogen) atoms. The predicted molar refractivity (Wildman–Crippen MR) is 68.3 cm³/mol. The summed E-state index contributed by atoms with van der Waals surface area (Å²) >= 11 is 0. The molecule has 0 radical (unpaired) electrons. The van der Waals surface area contributed by atoms with Gasteiger partial charge in [0.25, 0.3) is 0 Å². The van der Waals surface area contributed by atoms with E-state index in [4.69, 9.17) is 0 Å². The van der Waals surface area contributed by atoms with Crippen molar-refractivity contribution in [3.63, 3.8) is 0 Å². The Kier molecular flexibility index (Phi) is 3.35. The Morgan fingerprint density at radius 3 is 2.47 bits per heavy atom. The molecule has 0 aliphatic carbocycles. The lowest BCUT2D eigenvalue weighted by Gasteiger charge is -2.08. The lowest BCUT2D eigenvalue weighted by atomic mass is 10.2. The number of rotatable bonds is 3. The highest BCUT2D eigenvalue weighted by molar-refractivity contribution is 5.89. The number of hydrogen-bond donors (Lipinski definition) is 2. The fourth-order valence-corrected chi connectivity index (χ4v) is 1.48. The average Bonchev–Trinajstić information content (AvgIpc) is 2.30. The molecular weight excluding hydrogens is 214 g/mol. The molecule has 0 saturated heterocycles. The van der Waals surface area contributed by atoms with Gasteiger partial charge in [-0.05, 0) is 30.3 Å². The van der Waals surface area contributed by atoms with Gasteiger partial charge in [-0.25, -0.2) is 0 Å². The smallest absolute Gasteiger partial charge is 0.221 e. The van der Waals surface area contributed by atoms with Crippen molar-refractivity contribution in [3.05, 3.63) is 48.8 Å². The number of nitrogens with one attached hydrogen (secondary N) is 2. The van der Waals surface area contributed by atoms with Gasteiger partial charge < -0.3 is 10.6 Å². The van der Waals surface area contributed by atoms with E-state index in [2.05, 4.69) is 15.6 Å². The summed E-state index contributed by atoms with van der Waals surface area (Å²) in [7, 11) is 0. The maximum atomic E-state index is 10.9. The van der Waals surface area contributed by atoms with E-state index in [-0.39, 0.29) is 5.91 Å². The number of benzene rings is 1. The van der Waals surface area contributed by atoms with Crippen LogP contribution in [0.4, 0.5) is 17.1 Å². The molecule has 1 aromatic carbocycles. The first-order chi connectivity index (χ1) is 8.24. The lowest BCUT2D eigenvalue weighted by Crippen LogP contribution is -2.05. The van der Waals surface area contributed by atoms with Crippen LogP contribution < -0.4 is 10.6 Å². The summed E-state index contributed by atoms with van der Waals surface area (Å²) in [6.45, 7) is 1.49. The molecule has 0 fully saturated rings. The predicted octanol–water partition coefficient (Wildman–Crippen LogP) is 2.78. The Bertz CT molecular complexity index is 511. The van der Waals surface area contributed by atoms with Crippen LogP contribution in [0, 0.1) is 0 Å². The molecule has 4 nitrogen and oxygen atoms in total. The molecule has 4 heteroatoms. The van der Waals surface area contributed by atoms with Crippen LogP contribution in [-0.4, -0.2) is 10.9 Å². The van der Waals surface area contributed by atoms with E-state index in [1.165, 1.54) is 6.92 Å². The van der Waals surface area contributed by atoms with Gasteiger partial charge in [-0.3, -0.25) is 9.78 Å². The number of hydrogen-bond acceptors (Lipinski definition) is 3. The number of anilines is 3. The second kappa shape index (κ2) is 5.12. The van der Waals surface area contributed by atoms with Crippen LogP contribution in [0.5, 0.6) is 0 Å². The van der Waals surface area contributed by atoms with Gasteiger partial charge in [0.1, 0.15) is 0 Å². The van der Waals surface area contributed by atoms with Crippen LogP contribution in [0.1, 0.15) is 6.92 Å². The molecule has 2 N–H and O–H groups in total. The zero-order valence-electron chi connectivity index (χ0n) is 9.47. The summed E-state index contributed by atoms with van der Waals surface area (Å²) in [5, 5.41) is 5.97. The highest BCUT2D eigenvalue weighted by Gasteiger charge is 1.98. The second-order valence-electron chi connectivity index (χ2n) is 3.62. The van der Waals surface area contributed by atoms with Gasteiger partial charge >= 0.3 is 0 Å². The zero-order valence-corrected chi connectivity index (χ0v) is 9.47. The minimum Gasteiger partial charge on any atom is -0.355 e. The monoisotopic (exact) mass is 227 g/mol. The topological polar surface area (TPSA) is 54.0 Å². The largest absolute Gasteiger partial charge is 0.355 e. The number of carbonyl (C=O) groups excluding carboxylic acids is 1. The molecule has 0 atom stereocenters. The van der Waals surface area contributed by atoms with Crippen LogP contribution >= 0.6 is 0 Å². The van der Waals surface area contributed by atoms with Crippen LogP contribution in [0.3, 0.4) is 0 Å². The number of carbonyl (C=O) groups is 1. The average molecular weight is 227 g/mol. The summed E-state index contributed by atoms with van der Waals surface area (Å²) in [4.78, 5) is 14.9. The number of aromatic nitrogens is 1. The van der Waals surface area contributed by atoms with E-state index < -0.39 is 0 Å². The molecule has 0 aliphatic heterocycles. The molecule has 2 rings (SSSR count). The Balaban J connectivity index is 2.14. The van der Waals surface area contributed by atoms with Crippen molar-refractivity contribution < 1.29 is 4.79 Å². The van der Waals surface area contributed by atoms with Crippen LogP contribution in [0.25, 0.3) is 0 Å². The maximum absolute atomic E-state index is 10.9. The van der Waals surface area contributed by atoms with Gasteiger partial charge in [0.15, 0.2) is 0 Å². The van der Waals surface area contributed by atoms with Crippen molar-refractivity contribution in [2.45, 2.75) is 6.92 Å². The number of amides is 1. The van der Waals surface area contributed by atoms with Crippen LogP contribution in [0.15, 0.2) is 48.8 Å². The number of nitrogens with zero attached hydrogens (tertiary/aromatic N) is 1. The Hall–Kier alpha value is -2.36. The van der Waals surface area contributed by atoms with Gasteiger partial charge in [0, 0.05) is 36.4 Å². The van der Waals surface area contributed by atoms with Crippen LogP contribution in [-0.2, 0) is 4.79 Å². The minimum absolute atomic E-state index is 0.0777. The summed E-state index contributed by atoms with van der Waals surface area (Å²) < 4.78 is 0. The van der Waals surface area contributed by atoms with Crippen molar-refractivity contribution in [1.82, 2.24) is 4.98 Å². The number of pyridine rings is 1. The van der Waals surface area contributed by atoms with Gasteiger partial charge in [-0.15, -0.1) is 0 Å². The summed E-state index contributed by atoms with van der Waals surface area (Å²) in [5.74, 6) is -0.0777. The molecule has 0 unspecified atom stereocenters. The lowest BCUT2D eigenvalue weighted by molar-refractivity contribution is -0.114. The first-order valence-corrected chi connectivity index (χ1v) is 5.29. The highest BCUT2D eigenvalue weighted by atomic mass is 16.1. The van der Waals surface area contributed by atoms with E-state index in [0.29, 0.717) is 0 Å². The van der Waals surface area contributed by atoms with Crippen molar-refractivity contribution >= 4 is 23.0 Å². The SMILES string of the molecule is CC(=O)Nc1cccc(Nc2ccncc2)c1. The normalized spacial score (nSPS) is 9.71. The third kappa shape index (κ3) is 3.31. The summed E-state index contributed by atoms with van der Waals surface area (Å²) in [5.41, 5.74) is 2.65. The minimum atomic E-state index is -0.0777. The molecular formula is C13H13N3O. The third-order valence-electron chi connectivity index (χ3n) is 2.15. The van der Waals surface area contributed by atoms with Gasteiger partial charge in [-0.1, -0.05) is 6.07 Å². The quantitative estimate of drug-likeness (QED) is 0.847. The van der Waals surface area contributed by atoms with E-state index in [1.54, 1.807) is 12.4 Å². The van der Waals surface area contributed by atoms with Crippen molar-refractivity contribution in [1.29, 1.82) is 0 Å². The van der Waals surface area contributed by atoms with E-state index in [9.17, 15) is 4.79 Å². The van der Waals surface area contributed by atoms with Gasteiger partial charge in [0.05, 0.1) is 0 Å². The van der Waals surface area contributed by atoms with E-state index in [0.717, 1.165) is 17.1 Å². The zero-order chi connectivity index (χ0) is 12.1. The molecule has 2 aromatic rings. The van der Waals surface area contributed by atoms with Crippen molar-refractivity contribution in [2.75, 3.05) is 10.6 Å². The first kappa shape index (κ1) is 11.1. The third-order valence-corrected chi connectivity index (χ3v) is 2.15. The van der Waals surface area contributed by atoms with Crippen molar-refractivity contribution in [2.24, 2.45) is 0 Å². The fourth-order valence-electron chi connectivity index (χ4n) is 1.48. The molecule has 1 amide bonds. The molecule has 1 heterocycles. The first-order valence-electron chi connectivity index (χ1n) is 5.29. The second-order valence-corrected chi connectivity index (χ2v) is 3.62. The Morgan fingerprint density at radius 1 is 1.06 bits per heavy atom. The van der Waals surface area contributed by atoms with E-state index >= 15 is 0 Å². The Labute approximate surface area is 99.7 Å². The molecule has 0 bridgehead atoms. The molecule has 0 spiro atoms. The molecule has 0 aliphatic rings. The van der Waals surface area contributed by atoms with Crippen LogP contribution in [0.2, 0.25) is 0 Å². The maximum Gasteiger partial charge on any atom is 0.221 e. The fraction of sp³-hybridized carbons (Fsp3) is 0.0769. The van der Waals surface area contributed by atoms with Gasteiger partial charge in [-0.2, -0.15) is 0 Å². The van der Waals surface area contributed by atoms with Gasteiger partial charge in [0.2, 0.25) is 5.91 Å².